The number of benzene rings is 1. The third kappa shape index (κ3) is 3.02. The van der Waals surface area contributed by atoms with E-state index in [0.717, 1.165) is 0 Å². The minimum atomic E-state index is -3.53. The zero-order valence-electron chi connectivity index (χ0n) is 11.8. The van der Waals surface area contributed by atoms with Gasteiger partial charge in [0, 0.05) is 6.54 Å². The summed E-state index contributed by atoms with van der Waals surface area (Å²) in [6, 6.07) is 9.40. The van der Waals surface area contributed by atoms with Gasteiger partial charge in [0.2, 0.25) is 0 Å². The van der Waals surface area contributed by atoms with Crippen LogP contribution in [0, 0.1) is 11.3 Å². The molecular weight excluding hydrogens is 334 g/mol. The molecule has 8 heteroatoms. The van der Waals surface area contributed by atoms with Gasteiger partial charge in [-0.2, -0.15) is 5.26 Å². The SMILES string of the molecule is N#Cc1ccc(S(=O)(=O)CCn2cnc3ccsc3c2=O)cc1. The molecule has 0 saturated carbocycles. The Morgan fingerprint density at radius 1 is 1.22 bits per heavy atom. The molecule has 1 aromatic carbocycles. The highest BCUT2D eigenvalue weighted by Crippen LogP contribution is 2.14. The van der Waals surface area contributed by atoms with Gasteiger partial charge in [-0.3, -0.25) is 9.36 Å². The lowest BCUT2D eigenvalue weighted by Crippen LogP contribution is -2.24. The number of thiophene rings is 1. The topological polar surface area (TPSA) is 92.8 Å². The summed E-state index contributed by atoms with van der Waals surface area (Å²) >= 11 is 1.29. The fraction of sp³-hybridized carbons (Fsp3) is 0.133. The second kappa shape index (κ2) is 5.95. The van der Waals surface area contributed by atoms with Crippen molar-refractivity contribution in [3.8, 4) is 6.07 Å². The molecule has 0 aliphatic carbocycles. The summed E-state index contributed by atoms with van der Waals surface area (Å²) in [6.45, 7) is 0.0298. The van der Waals surface area contributed by atoms with Gasteiger partial charge in [-0.1, -0.05) is 0 Å². The van der Waals surface area contributed by atoms with Gasteiger partial charge in [0.05, 0.1) is 34.1 Å². The molecule has 2 aromatic heterocycles. The van der Waals surface area contributed by atoms with Crippen LogP contribution in [0.5, 0.6) is 0 Å². The number of aromatic nitrogens is 2. The van der Waals surface area contributed by atoms with Crippen LogP contribution in [-0.4, -0.2) is 23.7 Å². The number of nitrogens with zero attached hydrogens (tertiary/aromatic N) is 3. The van der Waals surface area contributed by atoms with Gasteiger partial charge >= 0.3 is 0 Å². The lowest BCUT2D eigenvalue weighted by atomic mass is 10.2. The normalized spacial score (nSPS) is 11.4. The maximum Gasteiger partial charge on any atom is 0.271 e. The summed E-state index contributed by atoms with van der Waals surface area (Å²) in [5.41, 5.74) is 0.777. The van der Waals surface area contributed by atoms with E-state index in [1.807, 2.05) is 6.07 Å². The third-order valence-electron chi connectivity index (χ3n) is 3.38. The molecule has 6 nitrogen and oxygen atoms in total. The molecule has 0 N–H and O–H groups in total. The molecule has 0 bridgehead atoms. The van der Waals surface area contributed by atoms with Crippen molar-refractivity contribution in [3.63, 3.8) is 0 Å². The maximum absolute atomic E-state index is 12.3. The highest BCUT2D eigenvalue weighted by atomic mass is 32.2. The van der Waals surface area contributed by atoms with Crippen LogP contribution in [0.1, 0.15) is 5.56 Å². The number of fused-ring (bicyclic) bond motifs is 1. The van der Waals surface area contributed by atoms with Gasteiger partial charge in [-0.05, 0) is 35.7 Å². The van der Waals surface area contributed by atoms with Crippen molar-refractivity contribution in [2.75, 3.05) is 5.75 Å². The van der Waals surface area contributed by atoms with Gasteiger partial charge in [0.1, 0.15) is 4.70 Å². The summed E-state index contributed by atoms with van der Waals surface area (Å²) < 4.78 is 26.5. The van der Waals surface area contributed by atoms with E-state index in [2.05, 4.69) is 4.98 Å². The second-order valence-electron chi connectivity index (χ2n) is 4.83. The monoisotopic (exact) mass is 345 g/mol. The molecule has 0 spiro atoms. The first-order chi connectivity index (χ1) is 11.0. The van der Waals surface area contributed by atoms with Crippen LogP contribution in [0.15, 0.2) is 51.7 Å². The van der Waals surface area contributed by atoms with Crippen molar-refractivity contribution in [2.24, 2.45) is 0 Å². The van der Waals surface area contributed by atoms with Gasteiger partial charge in [-0.15, -0.1) is 11.3 Å². The standard InChI is InChI=1S/C15H11N3O3S2/c16-9-11-1-3-12(4-2-11)23(20,21)8-6-18-10-17-13-5-7-22-14(13)15(18)19/h1-5,7,10H,6,8H2. The van der Waals surface area contributed by atoms with Crippen LogP contribution in [0.4, 0.5) is 0 Å². The van der Waals surface area contributed by atoms with Crippen LogP contribution in [0.25, 0.3) is 10.2 Å². The first kappa shape index (κ1) is 15.4. The maximum atomic E-state index is 12.3. The smallest absolute Gasteiger partial charge is 0.271 e. The highest BCUT2D eigenvalue weighted by Gasteiger charge is 2.15. The molecule has 0 saturated heterocycles. The molecule has 0 unspecified atom stereocenters. The average Bonchev–Trinajstić information content (AvgIpc) is 3.04. The molecule has 0 fully saturated rings. The number of nitriles is 1. The summed E-state index contributed by atoms with van der Waals surface area (Å²) in [5, 5.41) is 10.5. The zero-order chi connectivity index (χ0) is 16.4. The number of hydrogen-bond donors (Lipinski definition) is 0. The lowest BCUT2D eigenvalue weighted by molar-refractivity contribution is 0.587. The fourth-order valence-corrected chi connectivity index (χ4v) is 4.13. The van der Waals surface area contributed by atoms with E-state index >= 15 is 0 Å². The average molecular weight is 345 g/mol. The van der Waals surface area contributed by atoms with Crippen LogP contribution in [0.2, 0.25) is 0 Å². The van der Waals surface area contributed by atoms with E-state index in [-0.39, 0.29) is 22.8 Å². The van der Waals surface area contributed by atoms with Gasteiger partial charge < -0.3 is 0 Å². The number of hydrogen-bond acceptors (Lipinski definition) is 6. The molecule has 0 aliphatic rings. The Morgan fingerprint density at radius 2 is 1.96 bits per heavy atom. The minimum absolute atomic E-state index is 0.0298. The molecule has 2 heterocycles. The predicted octanol–water partition coefficient (Wildman–Crippen LogP) is 1.80. The van der Waals surface area contributed by atoms with Gasteiger partial charge in [0.25, 0.3) is 5.56 Å². The molecule has 0 radical (unpaired) electrons. The van der Waals surface area contributed by atoms with E-state index in [4.69, 9.17) is 5.26 Å². The molecule has 3 aromatic rings. The van der Waals surface area contributed by atoms with E-state index in [1.165, 1.54) is 46.5 Å². The van der Waals surface area contributed by atoms with E-state index < -0.39 is 9.84 Å². The molecule has 116 valence electrons. The first-order valence-electron chi connectivity index (χ1n) is 6.67. The summed E-state index contributed by atoms with van der Waals surface area (Å²) in [6.07, 6.45) is 1.37. The Kier molecular flexibility index (Phi) is 3.98. The first-order valence-corrected chi connectivity index (χ1v) is 9.20. The van der Waals surface area contributed by atoms with Crippen LogP contribution in [0.3, 0.4) is 0 Å². The summed E-state index contributed by atoms with van der Waals surface area (Å²) in [5.74, 6) is -0.211. The van der Waals surface area contributed by atoms with Crippen LogP contribution >= 0.6 is 11.3 Å². The summed E-state index contributed by atoms with van der Waals surface area (Å²) in [4.78, 5) is 16.5. The zero-order valence-corrected chi connectivity index (χ0v) is 13.5. The molecule has 0 atom stereocenters. The second-order valence-corrected chi connectivity index (χ2v) is 7.86. The number of rotatable bonds is 4. The van der Waals surface area contributed by atoms with Crippen molar-refractivity contribution < 1.29 is 8.42 Å². The number of sulfone groups is 1. The van der Waals surface area contributed by atoms with Crippen molar-refractivity contribution in [2.45, 2.75) is 11.4 Å². The van der Waals surface area contributed by atoms with E-state index in [9.17, 15) is 13.2 Å². The van der Waals surface area contributed by atoms with Crippen LogP contribution in [-0.2, 0) is 16.4 Å². The predicted molar refractivity (Wildman–Crippen MR) is 87.1 cm³/mol. The highest BCUT2D eigenvalue weighted by molar-refractivity contribution is 7.91. The minimum Gasteiger partial charge on any atom is -0.297 e. The Bertz CT molecular complexity index is 1060. The Labute approximate surface area is 136 Å². The van der Waals surface area contributed by atoms with Gasteiger partial charge in [0.15, 0.2) is 9.84 Å². The molecular formula is C15H11N3O3S2. The van der Waals surface area contributed by atoms with Crippen molar-refractivity contribution in [3.05, 3.63) is 58.0 Å². The van der Waals surface area contributed by atoms with Gasteiger partial charge in [-0.25, -0.2) is 13.4 Å². The quantitative estimate of drug-likeness (QED) is 0.719. The van der Waals surface area contributed by atoms with E-state index in [0.29, 0.717) is 15.8 Å². The van der Waals surface area contributed by atoms with Crippen molar-refractivity contribution in [1.29, 1.82) is 5.26 Å². The third-order valence-corrected chi connectivity index (χ3v) is 5.98. The fourth-order valence-electron chi connectivity index (χ4n) is 2.11. The number of aryl methyl sites for hydroxylation is 1. The molecule has 0 aliphatic heterocycles. The molecule has 23 heavy (non-hydrogen) atoms. The Hall–Kier alpha value is -2.50. The lowest BCUT2D eigenvalue weighted by Gasteiger charge is -2.07. The largest absolute Gasteiger partial charge is 0.297 e. The van der Waals surface area contributed by atoms with Crippen LogP contribution < -0.4 is 5.56 Å². The molecule has 3 rings (SSSR count). The molecule has 0 amide bonds. The summed E-state index contributed by atoms with van der Waals surface area (Å²) in [7, 11) is -3.53. The van der Waals surface area contributed by atoms with Crippen molar-refractivity contribution >= 4 is 31.4 Å². The van der Waals surface area contributed by atoms with E-state index in [1.54, 1.807) is 11.4 Å². The Balaban J connectivity index is 1.84. The Morgan fingerprint density at radius 3 is 2.65 bits per heavy atom. The van der Waals surface area contributed by atoms with Crippen molar-refractivity contribution in [1.82, 2.24) is 9.55 Å².